The van der Waals surface area contributed by atoms with Crippen molar-refractivity contribution in [2.75, 3.05) is 13.1 Å². The van der Waals surface area contributed by atoms with Crippen molar-refractivity contribution in [2.45, 2.75) is 43.9 Å². The number of carbonyl (C=O) groups is 2. The lowest BCUT2D eigenvalue weighted by Crippen LogP contribution is -2.58. The maximum atomic E-state index is 12.2. The van der Waals surface area contributed by atoms with Crippen molar-refractivity contribution in [1.82, 2.24) is 10.2 Å². The highest BCUT2D eigenvalue weighted by atomic mass is 16.3. The molecule has 17 heavy (non-hydrogen) atoms. The minimum atomic E-state index is -0.946. The molecule has 6 nitrogen and oxygen atoms in total. The van der Waals surface area contributed by atoms with Crippen LogP contribution in [0.5, 0.6) is 0 Å². The Morgan fingerprint density at radius 3 is 2.82 bits per heavy atom. The van der Waals surface area contributed by atoms with Crippen molar-refractivity contribution in [3.05, 3.63) is 0 Å². The largest absolute Gasteiger partial charge is 0.391 e. The van der Waals surface area contributed by atoms with Crippen molar-refractivity contribution in [2.24, 2.45) is 5.73 Å². The molecule has 96 valence electrons. The number of aliphatic hydroxyl groups excluding tert-OH is 1. The lowest BCUT2D eigenvalue weighted by Gasteiger charge is -2.34. The molecular formula is C11H19N3O3. The van der Waals surface area contributed by atoms with Crippen molar-refractivity contribution < 1.29 is 14.7 Å². The van der Waals surface area contributed by atoms with E-state index in [1.807, 2.05) is 0 Å². The summed E-state index contributed by atoms with van der Waals surface area (Å²) in [5.41, 5.74) is 4.96. The van der Waals surface area contributed by atoms with Crippen molar-refractivity contribution in [3.8, 4) is 0 Å². The Balaban J connectivity index is 2.20. The van der Waals surface area contributed by atoms with E-state index in [0.717, 1.165) is 6.42 Å². The first-order valence-corrected chi connectivity index (χ1v) is 6.02. The first-order valence-electron chi connectivity index (χ1n) is 6.02. The molecule has 2 heterocycles. The van der Waals surface area contributed by atoms with E-state index >= 15 is 0 Å². The molecule has 2 fully saturated rings. The van der Waals surface area contributed by atoms with Crippen LogP contribution in [-0.2, 0) is 9.59 Å². The van der Waals surface area contributed by atoms with Gasteiger partial charge in [-0.15, -0.1) is 0 Å². The van der Waals surface area contributed by atoms with Crippen LogP contribution in [0, 0.1) is 0 Å². The molecule has 0 aromatic carbocycles. The van der Waals surface area contributed by atoms with E-state index in [2.05, 4.69) is 5.32 Å². The lowest BCUT2D eigenvalue weighted by atomic mass is 9.93. The smallest absolute Gasteiger partial charge is 0.246 e. The monoisotopic (exact) mass is 241 g/mol. The first kappa shape index (κ1) is 12.3. The normalized spacial score (nSPS) is 31.7. The number of rotatable bonds is 2. The first-order chi connectivity index (χ1) is 7.99. The Bertz CT molecular complexity index is 341. The Kier molecular flexibility index (Phi) is 3.09. The van der Waals surface area contributed by atoms with E-state index in [0.29, 0.717) is 25.9 Å². The molecule has 0 aromatic rings. The second kappa shape index (κ2) is 4.27. The summed E-state index contributed by atoms with van der Waals surface area (Å²) in [7, 11) is 0. The second-order valence-corrected chi connectivity index (χ2v) is 4.90. The second-order valence-electron chi connectivity index (χ2n) is 4.90. The van der Waals surface area contributed by atoms with Crippen LogP contribution in [0.4, 0.5) is 0 Å². The van der Waals surface area contributed by atoms with E-state index in [-0.39, 0.29) is 11.8 Å². The zero-order valence-electron chi connectivity index (χ0n) is 9.98. The van der Waals surface area contributed by atoms with Gasteiger partial charge >= 0.3 is 0 Å². The van der Waals surface area contributed by atoms with Gasteiger partial charge in [-0.3, -0.25) is 9.59 Å². The maximum Gasteiger partial charge on any atom is 0.246 e. The van der Waals surface area contributed by atoms with E-state index in [1.54, 1.807) is 4.90 Å². The van der Waals surface area contributed by atoms with Gasteiger partial charge in [-0.2, -0.15) is 0 Å². The number of aliphatic hydroxyl groups is 1. The van der Waals surface area contributed by atoms with E-state index in [4.69, 9.17) is 5.73 Å². The molecule has 2 rings (SSSR count). The quantitative estimate of drug-likeness (QED) is 0.552. The topological polar surface area (TPSA) is 95.7 Å². The molecule has 0 radical (unpaired) electrons. The van der Waals surface area contributed by atoms with Crippen LogP contribution in [0.15, 0.2) is 0 Å². The molecule has 1 unspecified atom stereocenters. The Hall–Kier alpha value is -1.14. The van der Waals surface area contributed by atoms with Gasteiger partial charge in [0.25, 0.3) is 0 Å². The molecule has 0 bridgehead atoms. The van der Waals surface area contributed by atoms with Gasteiger partial charge < -0.3 is 21.1 Å². The molecule has 3 atom stereocenters. The molecular weight excluding hydrogens is 222 g/mol. The third kappa shape index (κ3) is 1.81. The number of hydrogen-bond donors (Lipinski definition) is 3. The fraction of sp³-hybridized carbons (Fsp3) is 0.818. The van der Waals surface area contributed by atoms with Gasteiger partial charge in [0.05, 0.1) is 6.10 Å². The summed E-state index contributed by atoms with van der Waals surface area (Å²) in [5.74, 6) is -0.407. The fourth-order valence-corrected chi connectivity index (χ4v) is 2.74. The molecule has 1 spiro atoms. The molecule has 2 amide bonds. The molecule has 4 N–H and O–H groups in total. The number of likely N-dealkylation sites (tertiary alicyclic amines) is 1. The van der Waals surface area contributed by atoms with Crippen LogP contribution in [0.25, 0.3) is 0 Å². The summed E-state index contributed by atoms with van der Waals surface area (Å²) < 4.78 is 0. The molecule has 2 aliphatic heterocycles. The SMILES string of the molecule is C[C@@H](O)[C@H](N)C(=O)N1CCCC12CCNC2=O. The lowest BCUT2D eigenvalue weighted by molar-refractivity contribution is -0.145. The Morgan fingerprint density at radius 2 is 2.29 bits per heavy atom. The predicted molar refractivity (Wildman–Crippen MR) is 61.0 cm³/mol. The van der Waals surface area contributed by atoms with Crippen LogP contribution < -0.4 is 11.1 Å². The summed E-state index contributed by atoms with van der Waals surface area (Å²) in [6, 6.07) is -0.946. The number of nitrogens with two attached hydrogens (primary N) is 1. The average Bonchev–Trinajstić information content (AvgIpc) is 2.86. The predicted octanol–water partition coefficient (Wildman–Crippen LogP) is -1.42. The zero-order chi connectivity index (χ0) is 12.6. The van der Waals surface area contributed by atoms with Crippen LogP contribution in [0.2, 0.25) is 0 Å². The standard InChI is InChI=1S/C11H19N3O3/c1-7(15)8(12)9(16)14-6-2-3-11(14)4-5-13-10(11)17/h7-8,15H,2-6,12H2,1H3,(H,13,17)/t7-,8+,11?/m1/s1. The van der Waals surface area contributed by atoms with Crippen LogP contribution in [0.1, 0.15) is 26.2 Å². The molecule has 0 aromatic heterocycles. The van der Waals surface area contributed by atoms with Crippen molar-refractivity contribution in [1.29, 1.82) is 0 Å². The molecule has 0 aliphatic carbocycles. The number of nitrogens with zero attached hydrogens (tertiary/aromatic N) is 1. The number of carbonyl (C=O) groups excluding carboxylic acids is 2. The molecule has 0 saturated carbocycles. The molecule has 2 aliphatic rings. The van der Waals surface area contributed by atoms with E-state index in [9.17, 15) is 14.7 Å². The number of hydrogen-bond acceptors (Lipinski definition) is 4. The van der Waals surface area contributed by atoms with Gasteiger partial charge in [0, 0.05) is 13.1 Å². The zero-order valence-corrected chi connectivity index (χ0v) is 9.98. The minimum Gasteiger partial charge on any atom is -0.391 e. The highest BCUT2D eigenvalue weighted by Gasteiger charge is 2.52. The van der Waals surface area contributed by atoms with Gasteiger partial charge in [-0.25, -0.2) is 0 Å². The third-order valence-electron chi connectivity index (χ3n) is 3.81. The summed E-state index contributed by atoms with van der Waals surface area (Å²) in [6.07, 6.45) is 1.25. The van der Waals surface area contributed by atoms with Gasteiger partial charge in [0.1, 0.15) is 11.6 Å². The van der Waals surface area contributed by atoms with Gasteiger partial charge in [-0.05, 0) is 26.2 Å². The van der Waals surface area contributed by atoms with Gasteiger partial charge in [0.2, 0.25) is 11.8 Å². The molecule has 2 saturated heterocycles. The number of amides is 2. The Morgan fingerprint density at radius 1 is 1.59 bits per heavy atom. The van der Waals surface area contributed by atoms with Crippen molar-refractivity contribution in [3.63, 3.8) is 0 Å². The summed E-state index contributed by atoms with van der Waals surface area (Å²) >= 11 is 0. The minimum absolute atomic E-state index is 0.0823. The fourth-order valence-electron chi connectivity index (χ4n) is 2.74. The van der Waals surface area contributed by atoms with Crippen LogP contribution in [-0.4, -0.2) is 52.6 Å². The highest BCUT2D eigenvalue weighted by molar-refractivity contribution is 5.95. The third-order valence-corrected chi connectivity index (χ3v) is 3.81. The van der Waals surface area contributed by atoms with Gasteiger partial charge in [-0.1, -0.05) is 0 Å². The van der Waals surface area contributed by atoms with Crippen LogP contribution >= 0.6 is 0 Å². The van der Waals surface area contributed by atoms with Crippen LogP contribution in [0.3, 0.4) is 0 Å². The summed E-state index contributed by atoms with van der Waals surface area (Å²) in [4.78, 5) is 25.6. The van der Waals surface area contributed by atoms with E-state index < -0.39 is 17.7 Å². The Labute approximate surface area is 100 Å². The van der Waals surface area contributed by atoms with E-state index in [1.165, 1.54) is 6.92 Å². The number of nitrogens with one attached hydrogen (secondary N) is 1. The van der Waals surface area contributed by atoms with Gasteiger partial charge in [0.15, 0.2) is 0 Å². The highest BCUT2D eigenvalue weighted by Crippen LogP contribution is 2.35. The summed E-state index contributed by atoms with van der Waals surface area (Å²) in [6.45, 7) is 2.64. The maximum absolute atomic E-state index is 12.2. The summed E-state index contributed by atoms with van der Waals surface area (Å²) in [5, 5.41) is 12.1. The average molecular weight is 241 g/mol. The molecule has 6 heteroatoms. The van der Waals surface area contributed by atoms with Crippen molar-refractivity contribution >= 4 is 11.8 Å².